The summed E-state index contributed by atoms with van der Waals surface area (Å²) in [6.07, 6.45) is 4.82. The number of aryl methyl sites for hydroxylation is 2. The molecule has 108 valence electrons. The molecule has 2 N–H and O–H groups in total. The zero-order chi connectivity index (χ0) is 14.1. The highest BCUT2D eigenvalue weighted by Gasteiger charge is 2.13. The van der Waals surface area contributed by atoms with Crippen molar-refractivity contribution in [2.45, 2.75) is 25.7 Å². The molecule has 0 spiro atoms. The Morgan fingerprint density at radius 2 is 2.10 bits per heavy atom. The Balaban J connectivity index is 1.55. The Bertz CT molecular complexity index is 689. The topological polar surface area (TPSA) is 49.3 Å². The minimum absolute atomic E-state index is 0.844. The maximum atomic E-state index is 4.69. The number of guanidine groups is 1. The first kappa shape index (κ1) is 12.8. The van der Waals surface area contributed by atoms with Gasteiger partial charge in [0.15, 0.2) is 11.1 Å². The average Bonchev–Trinajstić information content (AvgIpc) is 3.16. The van der Waals surface area contributed by atoms with Gasteiger partial charge in [-0.15, -0.1) is 11.3 Å². The second-order valence-corrected chi connectivity index (χ2v) is 6.37. The van der Waals surface area contributed by atoms with Gasteiger partial charge in [0, 0.05) is 24.0 Å². The molecule has 0 radical (unpaired) electrons. The molecule has 1 aromatic heterocycles. The fourth-order valence-corrected chi connectivity index (χ4v) is 3.63. The molecule has 2 aliphatic rings. The molecular formula is C16H18N4S. The molecule has 1 aromatic carbocycles. The Kier molecular flexibility index (Phi) is 3.35. The molecule has 1 aliphatic carbocycles. The summed E-state index contributed by atoms with van der Waals surface area (Å²) in [5, 5.41) is 9.54. The monoisotopic (exact) mass is 298 g/mol. The summed E-state index contributed by atoms with van der Waals surface area (Å²) >= 11 is 1.63. The number of fused-ring (bicyclic) bond motifs is 1. The number of anilines is 1. The maximum Gasteiger partial charge on any atom is 0.197 e. The molecular weight excluding hydrogens is 280 g/mol. The maximum absolute atomic E-state index is 4.69. The van der Waals surface area contributed by atoms with Crippen LogP contribution in [0.3, 0.4) is 0 Å². The molecule has 2 aromatic rings. The summed E-state index contributed by atoms with van der Waals surface area (Å²) < 4.78 is 0. The van der Waals surface area contributed by atoms with Crippen molar-refractivity contribution in [1.82, 2.24) is 10.3 Å². The van der Waals surface area contributed by atoms with Gasteiger partial charge in [0.2, 0.25) is 0 Å². The Hall–Kier alpha value is -1.88. The van der Waals surface area contributed by atoms with Crippen molar-refractivity contribution >= 4 is 22.4 Å². The van der Waals surface area contributed by atoms with Gasteiger partial charge in [0.1, 0.15) is 0 Å². The van der Waals surface area contributed by atoms with Crippen molar-refractivity contribution in [1.29, 1.82) is 0 Å². The highest BCUT2D eigenvalue weighted by Crippen LogP contribution is 2.30. The first-order chi connectivity index (χ1) is 10.4. The minimum Gasteiger partial charge on any atom is -0.356 e. The Morgan fingerprint density at radius 1 is 1.14 bits per heavy atom. The third-order valence-corrected chi connectivity index (χ3v) is 4.78. The van der Waals surface area contributed by atoms with Crippen LogP contribution in [0.1, 0.15) is 24.0 Å². The lowest BCUT2D eigenvalue weighted by atomic mass is 10.1. The molecule has 0 bridgehead atoms. The number of nitrogens with one attached hydrogen (secondary N) is 2. The smallest absolute Gasteiger partial charge is 0.197 e. The van der Waals surface area contributed by atoms with Gasteiger partial charge in [0.25, 0.3) is 0 Å². The van der Waals surface area contributed by atoms with Crippen LogP contribution in [0.2, 0.25) is 0 Å². The predicted molar refractivity (Wildman–Crippen MR) is 88.1 cm³/mol. The number of thiazole rings is 1. The zero-order valence-electron chi connectivity index (χ0n) is 11.9. The van der Waals surface area contributed by atoms with E-state index in [0.717, 1.165) is 36.3 Å². The van der Waals surface area contributed by atoms with Gasteiger partial charge in [-0.2, -0.15) is 0 Å². The normalized spacial score (nSPS) is 17.0. The fourth-order valence-electron chi connectivity index (χ4n) is 2.91. The highest BCUT2D eigenvalue weighted by molar-refractivity contribution is 7.14. The molecule has 21 heavy (non-hydrogen) atoms. The molecule has 0 atom stereocenters. The van der Waals surface area contributed by atoms with Crippen LogP contribution in [0.4, 0.5) is 5.13 Å². The van der Waals surface area contributed by atoms with Gasteiger partial charge in [-0.3, -0.25) is 4.99 Å². The van der Waals surface area contributed by atoms with Crippen LogP contribution < -0.4 is 10.6 Å². The van der Waals surface area contributed by atoms with Gasteiger partial charge in [-0.25, -0.2) is 4.98 Å². The number of benzene rings is 1. The van der Waals surface area contributed by atoms with E-state index < -0.39 is 0 Å². The lowest BCUT2D eigenvalue weighted by molar-refractivity contribution is 0.740. The molecule has 1 aliphatic heterocycles. The summed E-state index contributed by atoms with van der Waals surface area (Å²) in [5.74, 6) is 0.844. The molecule has 0 fully saturated rings. The van der Waals surface area contributed by atoms with Crippen molar-refractivity contribution in [2.75, 3.05) is 18.4 Å². The molecule has 0 saturated heterocycles. The van der Waals surface area contributed by atoms with Gasteiger partial charge in [0.05, 0.1) is 5.69 Å². The number of rotatable bonds is 2. The van der Waals surface area contributed by atoms with Crippen LogP contribution in [-0.2, 0) is 12.8 Å². The second kappa shape index (κ2) is 5.48. The van der Waals surface area contributed by atoms with E-state index in [1.54, 1.807) is 11.3 Å². The van der Waals surface area contributed by atoms with E-state index in [4.69, 9.17) is 0 Å². The zero-order valence-corrected chi connectivity index (χ0v) is 12.7. The predicted octanol–water partition coefficient (Wildman–Crippen LogP) is 3.06. The first-order valence-corrected chi connectivity index (χ1v) is 8.39. The lowest BCUT2D eigenvalue weighted by Gasteiger charge is -2.14. The Morgan fingerprint density at radius 3 is 3.00 bits per heavy atom. The third-order valence-electron chi connectivity index (χ3n) is 4.02. The molecule has 0 unspecified atom stereocenters. The summed E-state index contributed by atoms with van der Waals surface area (Å²) in [4.78, 5) is 9.10. The summed E-state index contributed by atoms with van der Waals surface area (Å²) in [6.45, 7) is 1.87. The second-order valence-electron chi connectivity index (χ2n) is 5.51. The van der Waals surface area contributed by atoms with Gasteiger partial charge >= 0.3 is 0 Å². The molecule has 0 saturated carbocycles. The largest absolute Gasteiger partial charge is 0.356 e. The lowest BCUT2D eigenvalue weighted by Crippen LogP contribution is -2.35. The molecule has 4 nitrogen and oxygen atoms in total. The van der Waals surface area contributed by atoms with Crippen LogP contribution in [0.15, 0.2) is 28.6 Å². The number of aromatic nitrogens is 1. The molecule has 2 heterocycles. The number of hydrogen-bond donors (Lipinski definition) is 2. The average molecular weight is 298 g/mol. The quantitative estimate of drug-likeness (QED) is 0.896. The summed E-state index contributed by atoms with van der Waals surface area (Å²) in [7, 11) is 0. The van der Waals surface area contributed by atoms with Crippen molar-refractivity contribution in [3.8, 4) is 11.3 Å². The van der Waals surface area contributed by atoms with E-state index >= 15 is 0 Å². The fraction of sp³-hybridized carbons (Fsp3) is 0.375. The summed E-state index contributed by atoms with van der Waals surface area (Å²) in [5.41, 5.74) is 5.27. The van der Waals surface area contributed by atoms with Crippen LogP contribution in [-0.4, -0.2) is 24.0 Å². The van der Waals surface area contributed by atoms with E-state index in [-0.39, 0.29) is 0 Å². The van der Waals surface area contributed by atoms with Gasteiger partial charge < -0.3 is 10.6 Å². The van der Waals surface area contributed by atoms with E-state index in [9.17, 15) is 0 Å². The van der Waals surface area contributed by atoms with E-state index in [0.29, 0.717) is 0 Å². The molecule has 0 amide bonds. The van der Waals surface area contributed by atoms with E-state index in [1.165, 1.54) is 36.0 Å². The summed E-state index contributed by atoms with van der Waals surface area (Å²) in [6, 6.07) is 6.76. The number of nitrogens with zero attached hydrogens (tertiary/aromatic N) is 2. The SMILES string of the molecule is c1cc2c(cc1-c1csc(NC3=NCCCN3)n1)CCC2. The molecule has 4 rings (SSSR count). The van der Waals surface area contributed by atoms with E-state index in [1.807, 2.05) is 0 Å². The van der Waals surface area contributed by atoms with Crippen molar-refractivity contribution in [3.05, 3.63) is 34.7 Å². The Labute approximate surface area is 128 Å². The van der Waals surface area contributed by atoms with Crippen LogP contribution in [0.5, 0.6) is 0 Å². The van der Waals surface area contributed by atoms with Gasteiger partial charge in [-0.1, -0.05) is 12.1 Å². The van der Waals surface area contributed by atoms with Crippen LogP contribution in [0, 0.1) is 0 Å². The number of hydrogen-bond acceptors (Lipinski definition) is 5. The first-order valence-electron chi connectivity index (χ1n) is 7.51. The van der Waals surface area contributed by atoms with Crippen molar-refractivity contribution in [2.24, 2.45) is 4.99 Å². The molecule has 5 heteroatoms. The third kappa shape index (κ3) is 2.65. The number of aliphatic imine (C=N–C) groups is 1. The van der Waals surface area contributed by atoms with Crippen molar-refractivity contribution in [3.63, 3.8) is 0 Å². The van der Waals surface area contributed by atoms with Crippen LogP contribution >= 0.6 is 11.3 Å². The minimum atomic E-state index is 0.844. The van der Waals surface area contributed by atoms with Gasteiger partial charge in [-0.05, 0) is 42.9 Å². The van der Waals surface area contributed by atoms with E-state index in [2.05, 4.69) is 44.2 Å². The highest BCUT2D eigenvalue weighted by atomic mass is 32.1. The standard InChI is InChI=1S/C16H18N4S/c1-3-11-5-6-13(9-12(11)4-1)14-10-21-16(19-14)20-15-17-7-2-8-18-15/h5-6,9-10H,1-4,7-8H2,(H2,17,18,19,20). The van der Waals surface area contributed by atoms with Crippen molar-refractivity contribution < 1.29 is 0 Å². The van der Waals surface area contributed by atoms with Crippen LogP contribution in [0.25, 0.3) is 11.3 Å².